The summed E-state index contributed by atoms with van der Waals surface area (Å²) in [5.41, 5.74) is 1.91. The predicted octanol–water partition coefficient (Wildman–Crippen LogP) is 4.22. The van der Waals surface area contributed by atoms with Crippen LogP contribution in [-0.4, -0.2) is 30.2 Å². The van der Waals surface area contributed by atoms with E-state index in [2.05, 4.69) is 41.6 Å². The fraction of sp³-hybridized carbons (Fsp3) is 0.381. The normalized spacial score (nSPS) is 14.6. The second kappa shape index (κ2) is 11.9. The summed E-state index contributed by atoms with van der Waals surface area (Å²) in [4.78, 5) is 4.48. The molecule has 0 aromatic heterocycles. The first kappa shape index (κ1) is 23.4. The Morgan fingerprint density at radius 3 is 2.26 bits per heavy atom. The Hall–Kier alpha value is -1.67. The van der Waals surface area contributed by atoms with Gasteiger partial charge in [-0.3, -0.25) is 4.99 Å². The molecule has 0 heterocycles. The highest BCUT2D eigenvalue weighted by Gasteiger charge is 2.16. The van der Waals surface area contributed by atoms with Crippen LogP contribution in [0.3, 0.4) is 0 Å². The van der Waals surface area contributed by atoms with Crippen molar-refractivity contribution in [1.29, 1.82) is 0 Å². The van der Waals surface area contributed by atoms with Crippen molar-refractivity contribution in [3.05, 3.63) is 71.5 Å². The number of aliphatic imine (C=N–C) groups is 1. The Bertz CT molecular complexity index is 694. The third kappa shape index (κ3) is 7.46. The maximum Gasteiger partial charge on any atom is 0.191 e. The molecular weight excluding hydrogens is 456 g/mol. The molecule has 27 heavy (non-hydrogen) atoms. The number of nitrogens with zero attached hydrogens (tertiary/aromatic N) is 1. The second-order valence-corrected chi connectivity index (χ2v) is 6.42. The van der Waals surface area contributed by atoms with Crippen LogP contribution in [0, 0.1) is 5.82 Å². The monoisotopic (exact) mass is 485 g/mol. The summed E-state index contributed by atoms with van der Waals surface area (Å²) in [7, 11) is 0. The second-order valence-electron chi connectivity index (χ2n) is 6.42. The third-order valence-corrected chi connectivity index (χ3v) is 4.46. The lowest BCUT2D eigenvalue weighted by atomic mass is 9.94. The smallest absolute Gasteiger partial charge is 0.191 e. The van der Waals surface area contributed by atoms with Gasteiger partial charge in [0.1, 0.15) is 5.82 Å². The number of guanidine groups is 1. The van der Waals surface area contributed by atoms with E-state index in [9.17, 15) is 9.50 Å². The van der Waals surface area contributed by atoms with Crippen LogP contribution in [-0.2, 0) is 0 Å². The summed E-state index contributed by atoms with van der Waals surface area (Å²) in [6.45, 7) is 7.21. The Morgan fingerprint density at radius 1 is 1.04 bits per heavy atom. The van der Waals surface area contributed by atoms with E-state index in [0.29, 0.717) is 17.4 Å². The Labute approximate surface area is 178 Å². The van der Waals surface area contributed by atoms with Gasteiger partial charge in [0, 0.05) is 18.5 Å². The summed E-state index contributed by atoms with van der Waals surface area (Å²) in [6, 6.07) is 16.3. The lowest BCUT2D eigenvalue weighted by Crippen LogP contribution is -2.44. The van der Waals surface area contributed by atoms with Crippen molar-refractivity contribution in [3.8, 4) is 0 Å². The lowest BCUT2D eigenvalue weighted by molar-refractivity contribution is 0.187. The van der Waals surface area contributed by atoms with Gasteiger partial charge < -0.3 is 15.7 Å². The van der Waals surface area contributed by atoms with Crippen molar-refractivity contribution in [1.82, 2.24) is 10.6 Å². The maximum atomic E-state index is 13.0. The summed E-state index contributed by atoms with van der Waals surface area (Å²) in [5, 5.41) is 16.9. The van der Waals surface area contributed by atoms with E-state index >= 15 is 0 Å². The highest BCUT2D eigenvalue weighted by molar-refractivity contribution is 14.0. The van der Waals surface area contributed by atoms with Crippen molar-refractivity contribution in [2.45, 2.75) is 38.8 Å². The first-order valence-corrected chi connectivity index (χ1v) is 9.04. The minimum absolute atomic E-state index is 0. The molecule has 0 aliphatic rings. The van der Waals surface area contributed by atoms with Gasteiger partial charge in [-0.15, -0.1) is 24.0 Å². The van der Waals surface area contributed by atoms with Gasteiger partial charge in [0.25, 0.3) is 0 Å². The SMILES string of the molecule is CCNC(=NCC(O)c1ccc(F)cc1)NC(C)C(C)c1ccccc1.I. The molecule has 0 amide bonds. The molecule has 0 bridgehead atoms. The van der Waals surface area contributed by atoms with Gasteiger partial charge in [-0.05, 0) is 37.1 Å². The van der Waals surface area contributed by atoms with Gasteiger partial charge in [-0.2, -0.15) is 0 Å². The molecule has 0 saturated carbocycles. The van der Waals surface area contributed by atoms with E-state index in [1.54, 1.807) is 12.1 Å². The van der Waals surface area contributed by atoms with E-state index in [-0.39, 0.29) is 42.4 Å². The molecule has 0 aliphatic carbocycles. The summed E-state index contributed by atoms with van der Waals surface area (Å²) < 4.78 is 13.0. The number of aliphatic hydroxyl groups excluding tert-OH is 1. The van der Waals surface area contributed by atoms with Crippen LogP contribution in [0.4, 0.5) is 4.39 Å². The molecule has 0 aliphatic heterocycles. The zero-order valence-electron chi connectivity index (χ0n) is 16.0. The minimum Gasteiger partial charge on any atom is -0.386 e. The first-order valence-electron chi connectivity index (χ1n) is 9.04. The molecule has 4 nitrogen and oxygen atoms in total. The van der Waals surface area contributed by atoms with Gasteiger partial charge in [0.15, 0.2) is 5.96 Å². The molecule has 6 heteroatoms. The minimum atomic E-state index is -0.770. The van der Waals surface area contributed by atoms with Crippen molar-refractivity contribution in [3.63, 3.8) is 0 Å². The number of rotatable bonds is 7. The number of aliphatic hydroxyl groups is 1. The van der Waals surface area contributed by atoms with Crippen molar-refractivity contribution in [2.75, 3.05) is 13.1 Å². The van der Waals surface area contributed by atoms with Gasteiger partial charge in [-0.1, -0.05) is 49.4 Å². The Kier molecular flexibility index (Phi) is 10.3. The number of nitrogens with one attached hydrogen (secondary N) is 2. The number of hydrogen-bond donors (Lipinski definition) is 3. The van der Waals surface area contributed by atoms with E-state index < -0.39 is 6.10 Å². The molecular formula is C21H29FIN3O. The number of benzene rings is 2. The molecule has 0 radical (unpaired) electrons. The van der Waals surface area contributed by atoms with Crippen molar-refractivity contribution in [2.24, 2.45) is 4.99 Å². The number of hydrogen-bond acceptors (Lipinski definition) is 2. The summed E-state index contributed by atoms with van der Waals surface area (Å²) >= 11 is 0. The van der Waals surface area contributed by atoms with Crippen LogP contribution in [0.5, 0.6) is 0 Å². The summed E-state index contributed by atoms with van der Waals surface area (Å²) in [5.74, 6) is 0.647. The Balaban J connectivity index is 0.00000364. The molecule has 3 unspecified atom stereocenters. The standard InChI is InChI=1S/C21H28FN3O.HI/c1-4-23-21(24-14-20(26)18-10-12-19(22)13-11-18)25-16(3)15(2)17-8-6-5-7-9-17;/h5-13,15-16,20,26H,4,14H2,1-3H3,(H2,23,24,25);1H. The zero-order chi connectivity index (χ0) is 18.9. The van der Waals surface area contributed by atoms with Crippen molar-refractivity contribution < 1.29 is 9.50 Å². The first-order chi connectivity index (χ1) is 12.5. The van der Waals surface area contributed by atoms with Crippen LogP contribution >= 0.6 is 24.0 Å². The van der Waals surface area contributed by atoms with E-state index in [1.807, 2.05) is 25.1 Å². The average molecular weight is 485 g/mol. The third-order valence-electron chi connectivity index (χ3n) is 4.46. The van der Waals surface area contributed by atoms with Crippen LogP contribution < -0.4 is 10.6 Å². The van der Waals surface area contributed by atoms with Gasteiger partial charge in [-0.25, -0.2) is 4.39 Å². The van der Waals surface area contributed by atoms with E-state index in [4.69, 9.17) is 0 Å². The molecule has 3 atom stereocenters. The van der Waals surface area contributed by atoms with Gasteiger partial charge in [0.2, 0.25) is 0 Å². The molecule has 2 aromatic carbocycles. The van der Waals surface area contributed by atoms with E-state index in [1.165, 1.54) is 17.7 Å². The summed E-state index contributed by atoms with van der Waals surface area (Å²) in [6.07, 6.45) is -0.770. The van der Waals surface area contributed by atoms with E-state index in [0.717, 1.165) is 6.54 Å². The van der Waals surface area contributed by atoms with Gasteiger partial charge >= 0.3 is 0 Å². The molecule has 2 aromatic rings. The van der Waals surface area contributed by atoms with Crippen LogP contribution in [0.2, 0.25) is 0 Å². The highest BCUT2D eigenvalue weighted by atomic mass is 127. The molecule has 0 fully saturated rings. The van der Waals surface area contributed by atoms with Crippen LogP contribution in [0.1, 0.15) is 43.9 Å². The number of halogens is 2. The Morgan fingerprint density at radius 2 is 1.67 bits per heavy atom. The molecule has 0 saturated heterocycles. The molecule has 148 valence electrons. The average Bonchev–Trinajstić information content (AvgIpc) is 2.66. The van der Waals surface area contributed by atoms with Crippen LogP contribution in [0.25, 0.3) is 0 Å². The molecule has 0 spiro atoms. The van der Waals surface area contributed by atoms with Gasteiger partial charge in [0.05, 0.1) is 12.6 Å². The maximum absolute atomic E-state index is 13.0. The molecule has 2 rings (SSSR count). The quantitative estimate of drug-likeness (QED) is 0.313. The van der Waals surface area contributed by atoms with Crippen LogP contribution in [0.15, 0.2) is 59.6 Å². The fourth-order valence-corrected chi connectivity index (χ4v) is 2.67. The zero-order valence-corrected chi connectivity index (χ0v) is 18.4. The van der Waals surface area contributed by atoms with Crippen molar-refractivity contribution >= 4 is 29.9 Å². The largest absolute Gasteiger partial charge is 0.386 e. The lowest BCUT2D eigenvalue weighted by Gasteiger charge is -2.24. The fourth-order valence-electron chi connectivity index (χ4n) is 2.67. The highest BCUT2D eigenvalue weighted by Crippen LogP contribution is 2.18. The molecule has 3 N–H and O–H groups in total. The predicted molar refractivity (Wildman–Crippen MR) is 120 cm³/mol. The topological polar surface area (TPSA) is 56.7 Å².